The summed E-state index contributed by atoms with van der Waals surface area (Å²) < 4.78 is 37.4. The number of hydrogen-bond acceptors (Lipinski definition) is 4. The van der Waals surface area contributed by atoms with Crippen molar-refractivity contribution in [1.82, 2.24) is 5.32 Å². The fourth-order valence-electron chi connectivity index (χ4n) is 1.88. The molecule has 0 fully saturated rings. The molecule has 0 spiro atoms. The van der Waals surface area contributed by atoms with Gasteiger partial charge in [0.1, 0.15) is 6.04 Å². The Balaban J connectivity index is 2.83. The van der Waals surface area contributed by atoms with Gasteiger partial charge in [-0.25, -0.2) is 4.79 Å². The number of nitrogens with one attached hydrogen (secondary N) is 1. The fraction of sp³-hybridized carbons (Fsp3) is 0.400. The lowest BCUT2D eigenvalue weighted by Crippen LogP contribution is -2.43. The number of carboxylic acids is 1. The largest absolute Gasteiger partial charge is 0.480 e. The number of rotatable bonds is 6. The van der Waals surface area contributed by atoms with E-state index in [9.17, 15) is 27.9 Å². The monoisotopic (exact) mass is 344 g/mol. The fourth-order valence-corrected chi connectivity index (χ4v) is 1.88. The molecule has 1 aromatic rings. The van der Waals surface area contributed by atoms with Gasteiger partial charge in [-0.05, 0) is 31.0 Å². The van der Waals surface area contributed by atoms with E-state index in [0.29, 0.717) is 12.1 Å². The van der Waals surface area contributed by atoms with E-state index in [0.717, 1.165) is 12.1 Å². The summed E-state index contributed by atoms with van der Waals surface area (Å²) in [5, 5.41) is 29.6. The summed E-state index contributed by atoms with van der Waals surface area (Å²) in [6.45, 7) is 1.47. The Morgan fingerprint density at radius 1 is 1.29 bits per heavy atom. The van der Waals surface area contributed by atoms with Crippen LogP contribution in [0.4, 0.5) is 13.2 Å². The van der Waals surface area contributed by atoms with E-state index in [1.54, 1.807) is 0 Å². The van der Waals surface area contributed by atoms with E-state index < -0.39 is 41.7 Å². The first kappa shape index (κ1) is 19.4. The Bertz CT molecular complexity index is 638. The molecule has 0 unspecified atom stereocenters. The minimum absolute atomic E-state index is 0.113. The van der Waals surface area contributed by atoms with E-state index in [1.807, 2.05) is 6.07 Å². The van der Waals surface area contributed by atoms with Gasteiger partial charge >= 0.3 is 12.1 Å². The van der Waals surface area contributed by atoms with E-state index in [1.165, 1.54) is 6.92 Å². The Labute approximate surface area is 135 Å². The zero-order chi connectivity index (χ0) is 18.5. The van der Waals surface area contributed by atoms with Crippen LogP contribution in [0.3, 0.4) is 0 Å². The molecule has 24 heavy (non-hydrogen) atoms. The zero-order valence-corrected chi connectivity index (χ0v) is 12.5. The van der Waals surface area contributed by atoms with Crippen molar-refractivity contribution >= 4 is 11.9 Å². The van der Waals surface area contributed by atoms with Crippen molar-refractivity contribution < 1.29 is 33.0 Å². The van der Waals surface area contributed by atoms with Gasteiger partial charge in [-0.3, -0.25) is 4.79 Å². The van der Waals surface area contributed by atoms with E-state index in [2.05, 4.69) is 5.32 Å². The third-order valence-corrected chi connectivity index (χ3v) is 3.23. The van der Waals surface area contributed by atoms with Crippen molar-refractivity contribution in [2.75, 3.05) is 0 Å². The second kappa shape index (κ2) is 7.79. The van der Waals surface area contributed by atoms with Crippen LogP contribution in [-0.4, -0.2) is 28.1 Å². The van der Waals surface area contributed by atoms with E-state index in [-0.39, 0.29) is 12.0 Å². The number of aliphatic hydroxyl groups is 1. The summed E-state index contributed by atoms with van der Waals surface area (Å²) in [5.74, 6) is -3.10. The molecule has 0 bridgehead atoms. The first-order chi connectivity index (χ1) is 11.1. The number of amides is 1. The molecular weight excluding hydrogens is 329 g/mol. The van der Waals surface area contributed by atoms with Gasteiger partial charge in [-0.2, -0.15) is 18.4 Å². The number of benzene rings is 1. The van der Waals surface area contributed by atoms with Gasteiger partial charge in [0.15, 0.2) is 6.10 Å². The number of aliphatic hydroxyl groups excluding tert-OH is 1. The first-order valence-electron chi connectivity index (χ1n) is 6.84. The van der Waals surface area contributed by atoms with Crippen LogP contribution in [0.1, 0.15) is 30.6 Å². The molecule has 0 saturated carbocycles. The zero-order valence-electron chi connectivity index (χ0n) is 12.5. The Morgan fingerprint density at radius 2 is 1.83 bits per heavy atom. The highest BCUT2D eigenvalue weighted by Crippen LogP contribution is 2.30. The van der Waals surface area contributed by atoms with Gasteiger partial charge in [0.2, 0.25) is 0 Å². The number of carboxylic acid groups (broad SMARTS) is 1. The highest BCUT2D eigenvalue weighted by atomic mass is 19.4. The van der Waals surface area contributed by atoms with E-state index in [4.69, 9.17) is 10.4 Å². The average molecular weight is 344 g/mol. The third kappa shape index (κ3) is 5.24. The predicted molar refractivity (Wildman–Crippen MR) is 75.4 cm³/mol. The molecule has 0 aliphatic heterocycles. The van der Waals surface area contributed by atoms with Gasteiger partial charge in [0, 0.05) is 5.92 Å². The van der Waals surface area contributed by atoms with Crippen LogP contribution in [0.5, 0.6) is 0 Å². The number of halogens is 3. The molecule has 3 atom stereocenters. The maximum absolute atomic E-state index is 12.5. The number of hydrogen-bond donors (Lipinski definition) is 3. The second-order valence-electron chi connectivity index (χ2n) is 5.19. The van der Waals surface area contributed by atoms with Crippen molar-refractivity contribution in [1.29, 1.82) is 5.26 Å². The lowest BCUT2D eigenvalue weighted by Gasteiger charge is -2.18. The molecule has 0 aliphatic rings. The molecule has 1 amide bonds. The van der Waals surface area contributed by atoms with Gasteiger partial charge in [0.05, 0.1) is 11.6 Å². The average Bonchev–Trinajstić information content (AvgIpc) is 2.52. The van der Waals surface area contributed by atoms with Crippen LogP contribution in [0.25, 0.3) is 0 Å². The standard InChI is InChI=1S/C15H15F3N2O4/c1-8(7-19)6-11(14(23)24)20-13(22)12(21)9-2-4-10(5-3-9)15(16,17)18/h2-5,8,11-12,21H,6H2,1H3,(H,20,22)(H,23,24)/t8-,11-,12+/m0/s1. The van der Waals surface area contributed by atoms with Crippen LogP contribution < -0.4 is 5.32 Å². The molecule has 0 aromatic heterocycles. The molecular formula is C15H15F3N2O4. The Morgan fingerprint density at radius 3 is 2.25 bits per heavy atom. The molecule has 6 nitrogen and oxygen atoms in total. The van der Waals surface area contributed by atoms with Crippen molar-refractivity contribution in [3.05, 3.63) is 35.4 Å². The number of nitrogens with zero attached hydrogens (tertiary/aromatic N) is 1. The van der Waals surface area contributed by atoms with Crippen molar-refractivity contribution in [3.63, 3.8) is 0 Å². The number of carbonyl (C=O) groups is 2. The maximum Gasteiger partial charge on any atom is 0.416 e. The summed E-state index contributed by atoms with van der Waals surface area (Å²) in [4.78, 5) is 23.0. The molecule has 1 aromatic carbocycles. The SMILES string of the molecule is C[C@H](C#N)C[C@H](NC(=O)[C@H](O)c1ccc(C(F)(F)F)cc1)C(=O)O. The number of aliphatic carboxylic acids is 1. The third-order valence-electron chi connectivity index (χ3n) is 3.23. The quantitative estimate of drug-likeness (QED) is 0.729. The number of carbonyl (C=O) groups excluding carboxylic acids is 1. The lowest BCUT2D eigenvalue weighted by atomic mass is 10.0. The van der Waals surface area contributed by atoms with E-state index >= 15 is 0 Å². The van der Waals surface area contributed by atoms with Crippen LogP contribution in [0.15, 0.2) is 24.3 Å². The van der Waals surface area contributed by atoms with Crippen LogP contribution >= 0.6 is 0 Å². The van der Waals surface area contributed by atoms with Gasteiger partial charge in [-0.1, -0.05) is 12.1 Å². The smallest absolute Gasteiger partial charge is 0.416 e. The number of alkyl halides is 3. The van der Waals surface area contributed by atoms with Crippen LogP contribution in [-0.2, 0) is 15.8 Å². The lowest BCUT2D eigenvalue weighted by molar-refractivity contribution is -0.144. The van der Waals surface area contributed by atoms with Gasteiger partial charge in [0.25, 0.3) is 5.91 Å². The van der Waals surface area contributed by atoms with Gasteiger partial charge < -0.3 is 15.5 Å². The Kier molecular flexibility index (Phi) is 6.31. The van der Waals surface area contributed by atoms with Crippen molar-refractivity contribution in [2.45, 2.75) is 31.7 Å². The summed E-state index contributed by atoms with van der Waals surface area (Å²) in [5.41, 5.74) is -1.05. The van der Waals surface area contributed by atoms with Crippen LogP contribution in [0, 0.1) is 17.2 Å². The highest BCUT2D eigenvalue weighted by molar-refractivity contribution is 5.87. The molecule has 0 heterocycles. The molecule has 130 valence electrons. The second-order valence-corrected chi connectivity index (χ2v) is 5.19. The normalized spacial score (nSPS) is 15.0. The first-order valence-corrected chi connectivity index (χ1v) is 6.84. The van der Waals surface area contributed by atoms with Crippen LogP contribution in [0.2, 0.25) is 0 Å². The minimum atomic E-state index is -4.55. The maximum atomic E-state index is 12.5. The highest BCUT2D eigenvalue weighted by Gasteiger charge is 2.31. The predicted octanol–water partition coefficient (Wildman–Crippen LogP) is 1.86. The summed E-state index contributed by atoms with van der Waals surface area (Å²) in [6.07, 6.45) is -6.54. The van der Waals surface area contributed by atoms with Crippen molar-refractivity contribution in [3.8, 4) is 6.07 Å². The number of nitriles is 1. The minimum Gasteiger partial charge on any atom is -0.480 e. The molecule has 0 radical (unpaired) electrons. The molecule has 0 aliphatic carbocycles. The summed E-state index contributed by atoms with van der Waals surface area (Å²) >= 11 is 0. The molecule has 3 N–H and O–H groups in total. The van der Waals surface area contributed by atoms with Crippen molar-refractivity contribution in [2.24, 2.45) is 5.92 Å². The Hall–Kier alpha value is -2.60. The molecule has 0 saturated heterocycles. The summed E-state index contributed by atoms with van der Waals surface area (Å²) in [6, 6.07) is 3.70. The topological polar surface area (TPSA) is 110 Å². The molecule has 1 rings (SSSR count). The van der Waals surface area contributed by atoms with Gasteiger partial charge in [-0.15, -0.1) is 0 Å². The molecule has 9 heteroatoms. The summed E-state index contributed by atoms with van der Waals surface area (Å²) in [7, 11) is 0.